The number of allylic oxidation sites excluding steroid dienone is 1. The van der Waals surface area contributed by atoms with Crippen LogP contribution in [0.3, 0.4) is 0 Å². The van der Waals surface area contributed by atoms with Crippen LogP contribution in [-0.4, -0.2) is 28.7 Å². The molecule has 31 heavy (non-hydrogen) atoms. The van der Waals surface area contributed by atoms with Crippen LogP contribution in [0.25, 0.3) is 11.3 Å². The molecule has 1 atom stereocenters. The summed E-state index contributed by atoms with van der Waals surface area (Å²) < 4.78 is 25.0. The molecular weight excluding hydrogens is 421 g/mol. The largest absolute Gasteiger partial charge is 0.451 e. The van der Waals surface area contributed by atoms with E-state index in [9.17, 15) is 14.4 Å². The standard InChI is InChI=1S/C23H27ClFN3O3/c1-7-28-21(20(24)14(2)27-28)22(31-15(3)30-19(29)12-25)18(13-26)16-8-10-17(11-9-16)23(4,5)6/h8-11,15H,7,12H2,1-6H3/b22-18-. The van der Waals surface area contributed by atoms with Crippen LogP contribution >= 0.6 is 11.6 Å². The molecule has 2 rings (SSSR count). The van der Waals surface area contributed by atoms with Crippen LogP contribution in [0.5, 0.6) is 0 Å². The molecule has 0 aliphatic rings. The normalized spacial score (nSPS) is 13.3. The molecule has 1 aromatic carbocycles. The van der Waals surface area contributed by atoms with E-state index in [1.165, 1.54) is 6.92 Å². The third-order valence-electron chi connectivity index (χ3n) is 4.64. The third kappa shape index (κ3) is 5.65. The molecule has 8 heteroatoms. The first-order chi connectivity index (χ1) is 14.5. The number of esters is 1. The molecular formula is C23H27ClFN3O3. The zero-order valence-corrected chi connectivity index (χ0v) is 19.4. The van der Waals surface area contributed by atoms with E-state index in [2.05, 4.69) is 31.9 Å². The van der Waals surface area contributed by atoms with Crippen molar-refractivity contribution in [3.63, 3.8) is 0 Å². The van der Waals surface area contributed by atoms with E-state index in [4.69, 9.17) is 21.1 Å². The Hall–Kier alpha value is -2.85. The number of hydrogen-bond donors (Lipinski definition) is 0. The van der Waals surface area contributed by atoms with Crippen LogP contribution in [0.15, 0.2) is 24.3 Å². The third-order valence-corrected chi connectivity index (χ3v) is 5.09. The minimum absolute atomic E-state index is 0.0509. The molecule has 0 amide bonds. The van der Waals surface area contributed by atoms with Crippen molar-refractivity contribution in [2.24, 2.45) is 0 Å². The zero-order valence-electron chi connectivity index (χ0n) is 18.6. The first-order valence-corrected chi connectivity index (χ1v) is 10.3. The van der Waals surface area contributed by atoms with Crippen molar-refractivity contribution in [1.82, 2.24) is 9.78 Å². The fraction of sp³-hybridized carbons (Fsp3) is 0.435. The van der Waals surface area contributed by atoms with Gasteiger partial charge in [-0.2, -0.15) is 10.4 Å². The van der Waals surface area contributed by atoms with Gasteiger partial charge in [0.05, 0.1) is 10.7 Å². The van der Waals surface area contributed by atoms with Crippen molar-refractivity contribution in [1.29, 1.82) is 5.26 Å². The molecule has 2 aromatic rings. The van der Waals surface area contributed by atoms with E-state index in [1.54, 1.807) is 11.6 Å². The predicted octanol–water partition coefficient (Wildman–Crippen LogP) is 5.43. The molecule has 0 fully saturated rings. The SMILES string of the molecule is CCn1nc(C)c(Cl)c1/C(OC(C)OC(=O)CF)=C(\C#N)c1ccc(C(C)(C)C)cc1. The Morgan fingerprint density at radius 1 is 1.29 bits per heavy atom. The molecule has 0 aliphatic carbocycles. The lowest BCUT2D eigenvalue weighted by Gasteiger charge is -2.21. The van der Waals surface area contributed by atoms with Crippen molar-refractivity contribution in [3.05, 3.63) is 51.8 Å². The highest BCUT2D eigenvalue weighted by molar-refractivity contribution is 6.33. The van der Waals surface area contributed by atoms with E-state index in [0.717, 1.165) is 5.56 Å². The first kappa shape index (κ1) is 24.4. The fourth-order valence-electron chi connectivity index (χ4n) is 3.03. The number of alkyl halides is 1. The lowest BCUT2D eigenvalue weighted by molar-refractivity contribution is -0.165. The summed E-state index contributed by atoms with van der Waals surface area (Å²) in [6, 6.07) is 9.72. The van der Waals surface area contributed by atoms with Gasteiger partial charge < -0.3 is 9.47 Å². The maximum Gasteiger partial charge on any atom is 0.340 e. The summed E-state index contributed by atoms with van der Waals surface area (Å²) in [5, 5.41) is 14.7. The molecule has 1 aromatic heterocycles. The van der Waals surface area contributed by atoms with Gasteiger partial charge in [0.2, 0.25) is 6.29 Å². The minimum Gasteiger partial charge on any atom is -0.451 e. The number of benzene rings is 1. The summed E-state index contributed by atoms with van der Waals surface area (Å²) in [5.41, 5.74) is 2.81. The van der Waals surface area contributed by atoms with Gasteiger partial charge in [0, 0.05) is 13.5 Å². The van der Waals surface area contributed by atoms with Gasteiger partial charge >= 0.3 is 5.97 Å². The van der Waals surface area contributed by atoms with Crippen LogP contribution in [0.1, 0.15) is 57.1 Å². The van der Waals surface area contributed by atoms with Gasteiger partial charge in [0.25, 0.3) is 0 Å². The van der Waals surface area contributed by atoms with Crippen LogP contribution in [0, 0.1) is 18.3 Å². The smallest absolute Gasteiger partial charge is 0.340 e. The summed E-state index contributed by atoms with van der Waals surface area (Å²) in [5.74, 6) is -0.955. The highest BCUT2D eigenvalue weighted by atomic mass is 35.5. The average Bonchev–Trinajstić information content (AvgIpc) is 3.01. The number of carbonyl (C=O) groups is 1. The Morgan fingerprint density at radius 3 is 2.39 bits per heavy atom. The Labute approximate surface area is 187 Å². The predicted molar refractivity (Wildman–Crippen MR) is 118 cm³/mol. The number of nitriles is 1. The number of carbonyl (C=O) groups excluding carboxylic acids is 1. The lowest BCUT2D eigenvalue weighted by Crippen LogP contribution is -2.20. The number of halogens is 2. The quantitative estimate of drug-likeness (QED) is 0.245. The topological polar surface area (TPSA) is 77.1 Å². The molecule has 0 saturated carbocycles. The summed E-state index contributed by atoms with van der Waals surface area (Å²) >= 11 is 6.50. The van der Waals surface area contributed by atoms with Crippen LogP contribution < -0.4 is 0 Å². The van der Waals surface area contributed by atoms with E-state index < -0.39 is 18.9 Å². The number of ether oxygens (including phenoxy) is 2. The van der Waals surface area contributed by atoms with Gasteiger partial charge in [-0.1, -0.05) is 56.6 Å². The van der Waals surface area contributed by atoms with Crippen molar-refractivity contribution in [3.8, 4) is 6.07 Å². The number of nitrogens with zero attached hydrogens (tertiary/aromatic N) is 3. The second-order valence-electron chi connectivity index (χ2n) is 8.02. The van der Waals surface area contributed by atoms with E-state index in [1.807, 2.05) is 31.2 Å². The Bertz CT molecular complexity index is 1010. The first-order valence-electron chi connectivity index (χ1n) is 9.94. The number of aromatic nitrogens is 2. The molecule has 0 aliphatic heterocycles. The molecule has 0 radical (unpaired) electrons. The summed E-state index contributed by atoms with van der Waals surface area (Å²) in [4.78, 5) is 11.4. The maximum atomic E-state index is 12.6. The number of aryl methyl sites for hydroxylation is 2. The highest BCUT2D eigenvalue weighted by Gasteiger charge is 2.26. The van der Waals surface area contributed by atoms with Crippen LogP contribution in [0.2, 0.25) is 5.02 Å². The van der Waals surface area contributed by atoms with Gasteiger partial charge in [-0.25, -0.2) is 9.18 Å². The van der Waals surface area contributed by atoms with Crippen molar-refractivity contribution in [2.75, 3.05) is 6.67 Å². The number of hydrogen-bond acceptors (Lipinski definition) is 5. The molecule has 0 bridgehead atoms. The summed E-state index contributed by atoms with van der Waals surface area (Å²) in [7, 11) is 0. The summed E-state index contributed by atoms with van der Waals surface area (Å²) in [6.45, 7) is 10.5. The van der Waals surface area contributed by atoms with Gasteiger partial charge in [0.1, 0.15) is 17.3 Å². The molecule has 0 N–H and O–H groups in total. The maximum absolute atomic E-state index is 12.6. The van der Waals surface area contributed by atoms with Crippen molar-refractivity contribution < 1.29 is 18.7 Å². The minimum atomic E-state index is -1.28. The Morgan fingerprint density at radius 2 is 1.90 bits per heavy atom. The van der Waals surface area contributed by atoms with E-state index in [-0.39, 0.29) is 16.7 Å². The van der Waals surface area contributed by atoms with Crippen LogP contribution in [-0.2, 0) is 26.2 Å². The van der Waals surface area contributed by atoms with E-state index in [0.29, 0.717) is 28.5 Å². The van der Waals surface area contributed by atoms with Gasteiger partial charge in [-0.15, -0.1) is 0 Å². The van der Waals surface area contributed by atoms with Crippen molar-refractivity contribution >= 4 is 28.9 Å². The monoisotopic (exact) mass is 447 g/mol. The highest BCUT2D eigenvalue weighted by Crippen LogP contribution is 2.35. The lowest BCUT2D eigenvalue weighted by atomic mass is 9.86. The second kappa shape index (κ2) is 9.97. The van der Waals surface area contributed by atoms with Gasteiger partial charge in [-0.3, -0.25) is 4.68 Å². The second-order valence-corrected chi connectivity index (χ2v) is 8.39. The Kier molecular flexibility index (Phi) is 7.85. The van der Waals surface area contributed by atoms with Gasteiger partial charge in [-0.05, 0) is 30.4 Å². The molecule has 0 spiro atoms. The van der Waals surface area contributed by atoms with E-state index >= 15 is 0 Å². The molecule has 1 heterocycles. The molecule has 0 saturated heterocycles. The molecule has 1 unspecified atom stereocenters. The zero-order chi connectivity index (χ0) is 23.3. The number of rotatable bonds is 7. The van der Waals surface area contributed by atoms with Crippen LogP contribution in [0.4, 0.5) is 4.39 Å². The van der Waals surface area contributed by atoms with Crippen molar-refractivity contribution in [2.45, 2.75) is 59.8 Å². The fourth-order valence-corrected chi connectivity index (χ4v) is 3.25. The molecule has 6 nitrogen and oxygen atoms in total. The summed E-state index contributed by atoms with van der Waals surface area (Å²) in [6.07, 6.45) is -1.15. The average molecular weight is 448 g/mol. The molecule has 166 valence electrons. The van der Waals surface area contributed by atoms with Gasteiger partial charge in [0.15, 0.2) is 12.4 Å². The Balaban J connectivity index is 2.68.